The summed E-state index contributed by atoms with van der Waals surface area (Å²) in [7, 11) is 0. The normalized spacial score (nSPS) is 10.4. The van der Waals surface area contributed by atoms with Crippen molar-refractivity contribution in [1.29, 1.82) is 0 Å². The number of pyridine rings is 1. The van der Waals surface area contributed by atoms with Crippen LogP contribution in [0.5, 0.6) is 5.75 Å². The van der Waals surface area contributed by atoms with Gasteiger partial charge in [-0.3, -0.25) is 4.98 Å². The maximum absolute atomic E-state index is 13.6. The average molecular weight is 335 g/mol. The maximum atomic E-state index is 13.6. The Labute approximate surface area is 116 Å². The van der Waals surface area contributed by atoms with E-state index in [4.69, 9.17) is 16.3 Å². The summed E-state index contributed by atoms with van der Waals surface area (Å²) in [6.45, 7) is -0.237. The standard InChI is InChI=1S/C12H7BrClF2NO/c13-10-1-2-11(15)9(12(10)16)6-18-8-3-7(14)4-17-5-8/h1-5H,6H2. The second-order valence-corrected chi connectivity index (χ2v) is 4.74. The van der Waals surface area contributed by atoms with E-state index in [9.17, 15) is 8.78 Å². The zero-order chi connectivity index (χ0) is 13.1. The third-order valence-electron chi connectivity index (χ3n) is 2.20. The Hall–Kier alpha value is -1.20. The SMILES string of the molecule is Fc1ccc(Br)c(F)c1COc1cncc(Cl)c1. The molecule has 0 N–H and O–H groups in total. The molecule has 1 heterocycles. The zero-order valence-corrected chi connectivity index (χ0v) is 11.3. The van der Waals surface area contributed by atoms with Crippen molar-refractivity contribution in [3.63, 3.8) is 0 Å². The first-order valence-corrected chi connectivity index (χ1v) is 6.11. The summed E-state index contributed by atoms with van der Waals surface area (Å²) in [4.78, 5) is 3.81. The minimum absolute atomic E-state index is 0.149. The van der Waals surface area contributed by atoms with Crippen LogP contribution in [0.25, 0.3) is 0 Å². The Morgan fingerprint density at radius 3 is 2.78 bits per heavy atom. The molecule has 1 aromatic heterocycles. The van der Waals surface area contributed by atoms with Gasteiger partial charge < -0.3 is 4.74 Å². The molecule has 94 valence electrons. The van der Waals surface area contributed by atoms with Gasteiger partial charge in [0.2, 0.25) is 0 Å². The van der Waals surface area contributed by atoms with E-state index in [1.165, 1.54) is 30.6 Å². The first-order chi connectivity index (χ1) is 8.58. The van der Waals surface area contributed by atoms with Crippen LogP contribution >= 0.6 is 27.5 Å². The summed E-state index contributed by atoms with van der Waals surface area (Å²) in [6, 6.07) is 3.99. The number of rotatable bonds is 3. The van der Waals surface area contributed by atoms with E-state index in [2.05, 4.69) is 20.9 Å². The van der Waals surface area contributed by atoms with E-state index in [0.29, 0.717) is 10.8 Å². The molecule has 0 bridgehead atoms. The fraction of sp³-hybridized carbons (Fsp3) is 0.0833. The summed E-state index contributed by atoms with van der Waals surface area (Å²) in [6.07, 6.45) is 2.86. The van der Waals surface area contributed by atoms with Gasteiger partial charge in [0.25, 0.3) is 0 Å². The highest BCUT2D eigenvalue weighted by atomic mass is 79.9. The van der Waals surface area contributed by atoms with Crippen molar-refractivity contribution in [1.82, 2.24) is 4.98 Å². The number of hydrogen-bond acceptors (Lipinski definition) is 2. The molecule has 0 saturated heterocycles. The van der Waals surface area contributed by atoms with Crippen molar-refractivity contribution in [3.8, 4) is 5.75 Å². The molecule has 2 rings (SSSR count). The van der Waals surface area contributed by atoms with Gasteiger partial charge in [0.05, 0.1) is 21.3 Å². The molecular formula is C12H7BrClF2NO. The Kier molecular flexibility index (Phi) is 4.14. The molecule has 0 amide bonds. The molecule has 0 aliphatic heterocycles. The molecule has 2 aromatic rings. The quantitative estimate of drug-likeness (QED) is 0.778. The summed E-state index contributed by atoms with van der Waals surface area (Å²) < 4.78 is 32.5. The molecule has 1 aromatic carbocycles. The van der Waals surface area contributed by atoms with Gasteiger partial charge in [-0.15, -0.1) is 0 Å². The summed E-state index contributed by atoms with van der Waals surface area (Å²) in [5, 5.41) is 0.391. The Morgan fingerprint density at radius 1 is 1.28 bits per heavy atom. The largest absolute Gasteiger partial charge is 0.487 e. The maximum Gasteiger partial charge on any atom is 0.146 e. The molecule has 0 aliphatic rings. The molecule has 0 spiro atoms. The first-order valence-electron chi connectivity index (χ1n) is 4.93. The third-order valence-corrected chi connectivity index (χ3v) is 3.02. The lowest BCUT2D eigenvalue weighted by molar-refractivity contribution is 0.291. The molecule has 0 atom stereocenters. The van der Waals surface area contributed by atoms with Crippen LogP contribution in [0.4, 0.5) is 8.78 Å². The van der Waals surface area contributed by atoms with Gasteiger partial charge in [-0.1, -0.05) is 11.6 Å². The van der Waals surface area contributed by atoms with E-state index in [0.717, 1.165) is 0 Å². The minimum Gasteiger partial charge on any atom is -0.487 e. The predicted molar refractivity (Wildman–Crippen MR) is 67.6 cm³/mol. The molecule has 0 fully saturated rings. The van der Waals surface area contributed by atoms with Gasteiger partial charge in [0.15, 0.2) is 0 Å². The zero-order valence-electron chi connectivity index (χ0n) is 8.96. The number of halogens is 4. The summed E-state index contributed by atoms with van der Waals surface area (Å²) >= 11 is 8.70. The number of aromatic nitrogens is 1. The van der Waals surface area contributed by atoms with Crippen molar-refractivity contribution in [2.45, 2.75) is 6.61 Å². The van der Waals surface area contributed by atoms with Gasteiger partial charge in [-0.2, -0.15) is 0 Å². The average Bonchev–Trinajstić information content (AvgIpc) is 2.34. The van der Waals surface area contributed by atoms with Crippen molar-refractivity contribution in [3.05, 3.63) is 57.3 Å². The van der Waals surface area contributed by atoms with Crippen LogP contribution < -0.4 is 4.74 Å². The van der Waals surface area contributed by atoms with E-state index < -0.39 is 11.6 Å². The molecule has 0 radical (unpaired) electrons. The molecule has 0 unspecified atom stereocenters. The first kappa shape index (κ1) is 13.2. The van der Waals surface area contributed by atoms with E-state index >= 15 is 0 Å². The topological polar surface area (TPSA) is 22.1 Å². The Balaban J connectivity index is 2.18. The smallest absolute Gasteiger partial charge is 0.146 e. The highest BCUT2D eigenvalue weighted by molar-refractivity contribution is 9.10. The molecule has 0 saturated carbocycles. The number of ether oxygens (including phenoxy) is 1. The third kappa shape index (κ3) is 2.97. The second kappa shape index (κ2) is 5.63. The lowest BCUT2D eigenvalue weighted by Crippen LogP contribution is -2.02. The molecular weight excluding hydrogens is 327 g/mol. The van der Waals surface area contributed by atoms with Crippen LogP contribution in [0.3, 0.4) is 0 Å². The van der Waals surface area contributed by atoms with Crippen molar-refractivity contribution < 1.29 is 13.5 Å². The highest BCUT2D eigenvalue weighted by Gasteiger charge is 2.13. The van der Waals surface area contributed by atoms with Crippen LogP contribution in [0.1, 0.15) is 5.56 Å². The fourth-order valence-corrected chi connectivity index (χ4v) is 1.86. The molecule has 18 heavy (non-hydrogen) atoms. The second-order valence-electron chi connectivity index (χ2n) is 3.45. The Bertz CT molecular complexity index is 580. The molecule has 6 heteroatoms. The van der Waals surface area contributed by atoms with E-state index in [1.807, 2.05) is 0 Å². The van der Waals surface area contributed by atoms with Crippen molar-refractivity contribution in [2.24, 2.45) is 0 Å². The van der Waals surface area contributed by atoms with Crippen LogP contribution in [0, 0.1) is 11.6 Å². The minimum atomic E-state index is -0.676. The van der Waals surface area contributed by atoms with Gasteiger partial charge in [0, 0.05) is 12.3 Å². The predicted octanol–water partition coefficient (Wildman–Crippen LogP) is 4.35. The monoisotopic (exact) mass is 333 g/mol. The van der Waals surface area contributed by atoms with Crippen LogP contribution in [0.15, 0.2) is 35.1 Å². The lowest BCUT2D eigenvalue weighted by atomic mass is 10.2. The molecule has 2 nitrogen and oxygen atoms in total. The van der Waals surface area contributed by atoms with E-state index in [1.54, 1.807) is 0 Å². The highest BCUT2D eigenvalue weighted by Crippen LogP contribution is 2.23. The summed E-state index contributed by atoms with van der Waals surface area (Å²) in [5.41, 5.74) is -0.149. The van der Waals surface area contributed by atoms with E-state index in [-0.39, 0.29) is 16.6 Å². The number of nitrogens with zero attached hydrogens (tertiary/aromatic N) is 1. The fourth-order valence-electron chi connectivity index (χ4n) is 1.33. The van der Waals surface area contributed by atoms with Gasteiger partial charge in [-0.05, 0) is 28.1 Å². The van der Waals surface area contributed by atoms with Crippen LogP contribution in [-0.4, -0.2) is 4.98 Å². The van der Waals surface area contributed by atoms with Crippen molar-refractivity contribution in [2.75, 3.05) is 0 Å². The Morgan fingerprint density at radius 2 is 2.06 bits per heavy atom. The van der Waals surface area contributed by atoms with Crippen LogP contribution in [-0.2, 0) is 6.61 Å². The van der Waals surface area contributed by atoms with Crippen molar-refractivity contribution >= 4 is 27.5 Å². The molecule has 0 aliphatic carbocycles. The van der Waals surface area contributed by atoms with Crippen LogP contribution in [0.2, 0.25) is 5.02 Å². The lowest BCUT2D eigenvalue weighted by Gasteiger charge is -2.08. The van der Waals surface area contributed by atoms with Gasteiger partial charge in [0.1, 0.15) is 24.0 Å². The number of benzene rings is 1. The van der Waals surface area contributed by atoms with Gasteiger partial charge >= 0.3 is 0 Å². The summed E-state index contributed by atoms with van der Waals surface area (Å²) in [5.74, 6) is -0.989. The number of hydrogen-bond donors (Lipinski definition) is 0. The van der Waals surface area contributed by atoms with Gasteiger partial charge in [-0.25, -0.2) is 8.78 Å².